The third kappa shape index (κ3) is 3.37. The molecule has 0 spiro atoms. The van der Waals surface area contributed by atoms with Gasteiger partial charge in [-0.2, -0.15) is 8.42 Å². The molecule has 1 rings (SSSR count). The molecule has 1 aromatic rings. The van der Waals surface area contributed by atoms with E-state index in [1.54, 1.807) is 10.8 Å². The molecule has 0 aromatic carbocycles. The van der Waals surface area contributed by atoms with Crippen molar-refractivity contribution in [1.29, 1.82) is 0 Å². The molecule has 0 amide bonds. The zero-order chi connectivity index (χ0) is 10.6. The van der Waals surface area contributed by atoms with Gasteiger partial charge in [-0.05, 0) is 6.42 Å². The number of imidazole rings is 1. The van der Waals surface area contributed by atoms with Crippen LogP contribution in [0.15, 0.2) is 12.4 Å². The Bertz CT molecular complexity index is 383. The van der Waals surface area contributed by atoms with E-state index in [-0.39, 0.29) is 6.01 Å². The van der Waals surface area contributed by atoms with Gasteiger partial charge in [-0.15, -0.1) is 0 Å². The van der Waals surface area contributed by atoms with Crippen molar-refractivity contribution in [2.45, 2.75) is 26.3 Å². The van der Waals surface area contributed by atoms with Crippen molar-refractivity contribution in [2.75, 3.05) is 6.26 Å². The lowest BCUT2D eigenvalue weighted by atomic mass is 10.3. The second-order valence-electron chi connectivity index (χ2n) is 3.04. The van der Waals surface area contributed by atoms with Crippen LogP contribution >= 0.6 is 0 Å². The largest absolute Gasteiger partial charge is 0.345 e. The molecule has 0 unspecified atom stereocenters. The summed E-state index contributed by atoms with van der Waals surface area (Å²) in [7, 11) is -3.48. The maximum Gasteiger partial charge on any atom is 0.313 e. The fourth-order valence-corrected chi connectivity index (χ4v) is 1.43. The Labute approximate surface area is 83.8 Å². The van der Waals surface area contributed by atoms with Gasteiger partial charge in [0, 0.05) is 18.9 Å². The summed E-state index contributed by atoms with van der Waals surface area (Å²) in [4.78, 5) is 3.82. The van der Waals surface area contributed by atoms with Crippen molar-refractivity contribution in [1.82, 2.24) is 9.55 Å². The van der Waals surface area contributed by atoms with E-state index in [2.05, 4.69) is 11.9 Å². The number of unbranched alkanes of at least 4 members (excludes halogenated alkanes) is 1. The van der Waals surface area contributed by atoms with E-state index >= 15 is 0 Å². The number of hydrogen-bond acceptors (Lipinski definition) is 4. The summed E-state index contributed by atoms with van der Waals surface area (Å²) in [5.74, 6) is 0. The van der Waals surface area contributed by atoms with Gasteiger partial charge in [0.1, 0.15) is 0 Å². The van der Waals surface area contributed by atoms with Crippen LogP contribution < -0.4 is 4.18 Å². The van der Waals surface area contributed by atoms with Crippen LogP contribution in [0.1, 0.15) is 19.8 Å². The van der Waals surface area contributed by atoms with E-state index in [0.717, 1.165) is 25.6 Å². The van der Waals surface area contributed by atoms with Crippen LogP contribution in [-0.2, 0) is 16.7 Å². The molecule has 0 radical (unpaired) electrons. The maximum atomic E-state index is 10.8. The number of aromatic nitrogens is 2. The highest BCUT2D eigenvalue weighted by Gasteiger charge is 2.09. The van der Waals surface area contributed by atoms with Crippen molar-refractivity contribution in [3.05, 3.63) is 12.4 Å². The van der Waals surface area contributed by atoms with Gasteiger partial charge in [0.25, 0.3) is 0 Å². The molecule has 0 saturated heterocycles. The van der Waals surface area contributed by atoms with Crippen LogP contribution in [0.5, 0.6) is 6.01 Å². The SMILES string of the molecule is CCCCn1ccnc1OS(C)(=O)=O. The molecule has 0 atom stereocenters. The number of rotatable bonds is 5. The molecule has 0 aliphatic heterocycles. The second-order valence-corrected chi connectivity index (χ2v) is 4.62. The zero-order valence-electron chi connectivity index (χ0n) is 8.30. The first-order valence-electron chi connectivity index (χ1n) is 4.43. The Kier molecular flexibility index (Phi) is 3.51. The van der Waals surface area contributed by atoms with Crippen molar-refractivity contribution in [3.63, 3.8) is 0 Å². The normalized spacial score (nSPS) is 11.6. The predicted octanol–water partition coefficient (Wildman–Crippen LogP) is 1.02. The molecule has 0 N–H and O–H groups in total. The van der Waals surface area contributed by atoms with Gasteiger partial charge >= 0.3 is 16.1 Å². The third-order valence-electron chi connectivity index (χ3n) is 1.66. The Hall–Kier alpha value is -1.04. The third-order valence-corrected chi connectivity index (χ3v) is 2.11. The highest BCUT2D eigenvalue weighted by molar-refractivity contribution is 7.86. The number of hydrogen-bond donors (Lipinski definition) is 0. The van der Waals surface area contributed by atoms with Gasteiger partial charge in [-0.1, -0.05) is 13.3 Å². The molecule has 5 nitrogen and oxygen atoms in total. The van der Waals surface area contributed by atoms with E-state index in [0.29, 0.717) is 0 Å². The van der Waals surface area contributed by atoms with Crippen LogP contribution in [0.25, 0.3) is 0 Å². The zero-order valence-corrected chi connectivity index (χ0v) is 9.12. The van der Waals surface area contributed by atoms with Crippen molar-refractivity contribution >= 4 is 10.1 Å². The molecule has 0 fully saturated rings. The molecule has 0 saturated carbocycles. The highest BCUT2D eigenvalue weighted by atomic mass is 32.2. The van der Waals surface area contributed by atoms with Crippen LogP contribution in [0.3, 0.4) is 0 Å². The summed E-state index contributed by atoms with van der Waals surface area (Å²) in [5, 5.41) is 0. The Morgan fingerprint density at radius 1 is 1.57 bits per heavy atom. The van der Waals surface area contributed by atoms with Crippen molar-refractivity contribution in [2.24, 2.45) is 0 Å². The summed E-state index contributed by atoms with van der Waals surface area (Å²) < 4.78 is 28.1. The average Bonchev–Trinajstić information content (AvgIpc) is 2.45. The van der Waals surface area contributed by atoms with Gasteiger partial charge in [0.15, 0.2) is 0 Å². The fraction of sp³-hybridized carbons (Fsp3) is 0.625. The van der Waals surface area contributed by atoms with Crippen LogP contribution in [0.4, 0.5) is 0 Å². The molecule has 6 heteroatoms. The first-order chi connectivity index (χ1) is 6.53. The van der Waals surface area contributed by atoms with Crippen LogP contribution in [0.2, 0.25) is 0 Å². The molecule has 0 bridgehead atoms. The Morgan fingerprint density at radius 2 is 2.29 bits per heavy atom. The highest BCUT2D eigenvalue weighted by Crippen LogP contribution is 2.10. The Balaban J connectivity index is 2.72. The average molecular weight is 218 g/mol. The summed E-state index contributed by atoms with van der Waals surface area (Å²) in [6.07, 6.45) is 6.24. The van der Waals surface area contributed by atoms with E-state index in [9.17, 15) is 8.42 Å². The van der Waals surface area contributed by atoms with Gasteiger partial charge in [-0.3, -0.25) is 0 Å². The minimum Gasteiger partial charge on any atom is -0.345 e. The molecule has 1 heterocycles. The quantitative estimate of drug-likeness (QED) is 0.692. The van der Waals surface area contributed by atoms with E-state index in [4.69, 9.17) is 4.18 Å². The lowest BCUT2D eigenvalue weighted by Gasteiger charge is -2.05. The molecule has 0 aliphatic carbocycles. The summed E-state index contributed by atoms with van der Waals surface area (Å²) >= 11 is 0. The molecule has 1 aromatic heterocycles. The Morgan fingerprint density at radius 3 is 2.86 bits per heavy atom. The number of nitrogens with zero attached hydrogens (tertiary/aromatic N) is 2. The monoisotopic (exact) mass is 218 g/mol. The van der Waals surface area contributed by atoms with Crippen LogP contribution in [-0.4, -0.2) is 24.2 Å². The molecule has 0 aliphatic rings. The first kappa shape index (κ1) is 11.0. The predicted molar refractivity (Wildman–Crippen MR) is 52.6 cm³/mol. The summed E-state index contributed by atoms with van der Waals surface area (Å²) in [5.41, 5.74) is 0. The van der Waals surface area contributed by atoms with E-state index in [1.807, 2.05) is 0 Å². The lowest BCUT2D eigenvalue weighted by Crippen LogP contribution is -2.10. The summed E-state index contributed by atoms with van der Waals surface area (Å²) in [6, 6.07) is 0.140. The molecule has 80 valence electrons. The second kappa shape index (κ2) is 4.45. The fourth-order valence-electron chi connectivity index (χ4n) is 1.02. The van der Waals surface area contributed by atoms with Crippen LogP contribution in [0, 0.1) is 0 Å². The molecular formula is C8H14N2O3S. The standard InChI is InChI=1S/C8H14N2O3S/c1-3-4-6-10-7-5-9-8(10)13-14(2,11)12/h5,7H,3-4,6H2,1-2H3. The smallest absolute Gasteiger partial charge is 0.313 e. The van der Waals surface area contributed by atoms with Gasteiger partial charge < -0.3 is 8.75 Å². The van der Waals surface area contributed by atoms with Gasteiger partial charge in [-0.25, -0.2) is 4.98 Å². The van der Waals surface area contributed by atoms with Gasteiger partial charge in [0.2, 0.25) is 0 Å². The van der Waals surface area contributed by atoms with Gasteiger partial charge in [0.05, 0.1) is 6.26 Å². The van der Waals surface area contributed by atoms with E-state index < -0.39 is 10.1 Å². The minimum absolute atomic E-state index is 0.140. The minimum atomic E-state index is -3.48. The molecular weight excluding hydrogens is 204 g/mol. The van der Waals surface area contributed by atoms with E-state index in [1.165, 1.54) is 6.20 Å². The lowest BCUT2D eigenvalue weighted by molar-refractivity contribution is 0.442. The van der Waals surface area contributed by atoms with Crippen molar-refractivity contribution in [3.8, 4) is 6.01 Å². The maximum absolute atomic E-state index is 10.8. The number of aryl methyl sites for hydroxylation is 1. The van der Waals surface area contributed by atoms with Crippen molar-refractivity contribution < 1.29 is 12.6 Å². The molecule has 14 heavy (non-hydrogen) atoms. The first-order valence-corrected chi connectivity index (χ1v) is 6.25. The topological polar surface area (TPSA) is 61.2 Å². The summed E-state index contributed by atoms with van der Waals surface area (Å²) in [6.45, 7) is 2.79.